The van der Waals surface area contributed by atoms with Crippen LogP contribution in [0.15, 0.2) is 78.9 Å². The zero-order chi connectivity index (χ0) is 30.9. The minimum absolute atomic E-state index is 0.188. The van der Waals surface area contributed by atoms with Gasteiger partial charge in [0.2, 0.25) is 23.5 Å². The molecule has 0 fully saturated rings. The average molecular weight is 580 g/mol. The summed E-state index contributed by atoms with van der Waals surface area (Å²) in [6.45, 7) is 1.81. The first kappa shape index (κ1) is 26.6. The molecular weight excluding hydrogens is 554 g/mol. The largest absolute Gasteiger partial charge is 0.494 e. The van der Waals surface area contributed by atoms with Gasteiger partial charge in [-0.15, -0.1) is 12.8 Å². The molecule has 2 unspecified atom stereocenters. The molecule has 3 aliphatic rings. The van der Waals surface area contributed by atoms with E-state index in [0.717, 1.165) is 5.56 Å². The number of aromatic hydroxyl groups is 4. The maximum atomic E-state index is 13.2. The second kappa shape index (κ2) is 9.65. The molecule has 0 spiro atoms. The van der Waals surface area contributed by atoms with Crippen LogP contribution in [-0.2, 0) is 0 Å². The topological polar surface area (TPSA) is 120 Å². The first-order chi connectivity index (χ1) is 21.2. The summed E-state index contributed by atoms with van der Waals surface area (Å²) in [6.07, 6.45) is 14.7. The number of benzene rings is 3. The van der Waals surface area contributed by atoms with Crippen molar-refractivity contribution in [3.8, 4) is 59.6 Å². The fourth-order valence-corrected chi connectivity index (χ4v) is 6.42. The molecule has 1 amide bonds. The van der Waals surface area contributed by atoms with E-state index in [1.807, 2.05) is 19.1 Å². The Morgan fingerprint density at radius 3 is 1.80 bits per heavy atom. The number of aromatic nitrogens is 2. The number of aryl methyl sites for hydroxylation is 1. The Morgan fingerprint density at radius 1 is 0.705 bits per heavy atom. The Morgan fingerprint density at radius 2 is 1.23 bits per heavy atom. The van der Waals surface area contributed by atoms with E-state index in [1.165, 1.54) is 9.13 Å². The van der Waals surface area contributed by atoms with Crippen LogP contribution >= 0.6 is 0 Å². The van der Waals surface area contributed by atoms with Gasteiger partial charge in [-0.25, -0.2) is 0 Å². The van der Waals surface area contributed by atoms with Crippen molar-refractivity contribution in [3.05, 3.63) is 123 Å². The second-order valence-electron chi connectivity index (χ2n) is 10.9. The highest BCUT2D eigenvalue weighted by molar-refractivity contribution is 6.04. The molecule has 8 heteroatoms. The lowest BCUT2D eigenvalue weighted by Crippen LogP contribution is -2.17. The van der Waals surface area contributed by atoms with Gasteiger partial charge in [-0.2, -0.15) is 0 Å². The molecule has 214 valence electrons. The maximum absolute atomic E-state index is 13.2. The number of anilines is 1. The number of rotatable bonds is 4. The first-order valence-electron chi connectivity index (χ1n) is 13.8. The summed E-state index contributed by atoms with van der Waals surface area (Å²) in [4.78, 5) is 13.2. The van der Waals surface area contributed by atoms with Gasteiger partial charge in [-0.3, -0.25) is 13.9 Å². The van der Waals surface area contributed by atoms with Gasteiger partial charge < -0.3 is 25.7 Å². The van der Waals surface area contributed by atoms with E-state index in [1.54, 1.807) is 66.7 Å². The lowest BCUT2D eigenvalue weighted by atomic mass is 9.70. The summed E-state index contributed by atoms with van der Waals surface area (Å²) in [5.41, 5.74) is 5.28. The number of amides is 1. The molecule has 8 rings (SSSR count). The van der Waals surface area contributed by atoms with Crippen LogP contribution in [0.3, 0.4) is 0 Å². The van der Waals surface area contributed by atoms with Crippen molar-refractivity contribution in [3.63, 3.8) is 0 Å². The predicted octanol–water partition coefficient (Wildman–Crippen LogP) is 5.76. The summed E-state index contributed by atoms with van der Waals surface area (Å²) in [5, 5.41) is 48.8. The molecule has 2 atom stereocenters. The fourth-order valence-electron chi connectivity index (χ4n) is 6.42. The molecule has 0 saturated carbocycles. The number of allylic oxidation sites excluding steroid dienone is 2. The smallest absolute Gasteiger partial charge is 0.255 e. The zero-order valence-electron chi connectivity index (χ0n) is 23.4. The Labute approximate surface area is 252 Å². The van der Waals surface area contributed by atoms with Gasteiger partial charge in [0.25, 0.3) is 5.91 Å². The normalized spacial score (nSPS) is 15.7. The van der Waals surface area contributed by atoms with E-state index in [-0.39, 0.29) is 23.5 Å². The highest BCUT2D eigenvalue weighted by atomic mass is 16.3. The minimum Gasteiger partial charge on any atom is -0.494 e. The predicted molar refractivity (Wildman–Crippen MR) is 166 cm³/mol. The molecule has 44 heavy (non-hydrogen) atoms. The van der Waals surface area contributed by atoms with Crippen molar-refractivity contribution in [2.45, 2.75) is 18.8 Å². The van der Waals surface area contributed by atoms with E-state index in [9.17, 15) is 25.2 Å². The van der Waals surface area contributed by atoms with E-state index >= 15 is 0 Å². The minimum atomic E-state index is -0.656. The molecule has 2 heterocycles. The van der Waals surface area contributed by atoms with Crippen LogP contribution in [0.4, 0.5) is 5.69 Å². The molecule has 0 aliphatic heterocycles. The van der Waals surface area contributed by atoms with Gasteiger partial charge in [-0.1, -0.05) is 36.1 Å². The summed E-state index contributed by atoms with van der Waals surface area (Å²) in [5.74, 6) is 2.55. The van der Waals surface area contributed by atoms with Gasteiger partial charge in [-0.05, 0) is 67.1 Å². The average Bonchev–Trinajstić information content (AvgIpc) is 3.47. The molecular formula is C36H25N3O5. The molecule has 3 aromatic carbocycles. The third kappa shape index (κ3) is 3.79. The number of carbonyl (C=O) groups is 1. The number of terminal acetylenes is 2. The lowest BCUT2D eigenvalue weighted by molar-refractivity contribution is 0.102. The van der Waals surface area contributed by atoms with Crippen LogP contribution in [-0.4, -0.2) is 35.5 Å². The molecule has 2 aromatic heterocycles. The van der Waals surface area contributed by atoms with Gasteiger partial charge >= 0.3 is 0 Å². The number of carbonyl (C=O) groups excluding carboxylic acids is 1. The highest BCUT2D eigenvalue weighted by Gasteiger charge is 2.46. The molecule has 8 nitrogen and oxygen atoms in total. The summed E-state index contributed by atoms with van der Waals surface area (Å²) >= 11 is 0. The Hall–Kier alpha value is -6.25. The quantitative estimate of drug-likeness (QED) is 0.137. The van der Waals surface area contributed by atoms with E-state index in [4.69, 9.17) is 12.8 Å². The van der Waals surface area contributed by atoms with Crippen molar-refractivity contribution in [1.29, 1.82) is 0 Å². The zero-order valence-corrected chi connectivity index (χ0v) is 23.4. The molecule has 5 N–H and O–H groups in total. The number of hydrogen-bond donors (Lipinski definition) is 5. The second-order valence-corrected chi connectivity index (χ2v) is 10.9. The SMILES string of the molecule is C#Cc1cccc(NC(=O)c2cc(C)cc(-n3c(O)c4c(c3O)C3C=CC4c4c3c(O)n(-c3cccc(C#C)c3)c4O)c2)c1. The Balaban J connectivity index is 1.31. The van der Waals surface area contributed by atoms with Crippen LogP contribution < -0.4 is 5.32 Å². The summed E-state index contributed by atoms with van der Waals surface area (Å²) < 4.78 is 2.60. The van der Waals surface area contributed by atoms with Crippen molar-refractivity contribution in [2.75, 3.05) is 5.32 Å². The van der Waals surface area contributed by atoms with Crippen molar-refractivity contribution in [1.82, 2.24) is 9.13 Å². The van der Waals surface area contributed by atoms with Crippen LogP contribution in [0, 0.1) is 31.6 Å². The molecule has 0 radical (unpaired) electrons. The van der Waals surface area contributed by atoms with E-state index in [0.29, 0.717) is 56.0 Å². The number of nitrogens with one attached hydrogen (secondary N) is 1. The summed E-state index contributed by atoms with van der Waals surface area (Å²) in [6, 6.07) is 18.8. The van der Waals surface area contributed by atoms with Crippen molar-refractivity contribution < 1.29 is 25.2 Å². The van der Waals surface area contributed by atoms with Gasteiger partial charge in [0.15, 0.2) is 0 Å². The van der Waals surface area contributed by atoms with Crippen molar-refractivity contribution in [2.24, 2.45) is 0 Å². The molecule has 0 saturated heterocycles. The lowest BCUT2D eigenvalue weighted by Gasteiger charge is -2.31. The van der Waals surface area contributed by atoms with Crippen LogP contribution in [0.1, 0.15) is 61.1 Å². The molecule has 3 aliphatic carbocycles. The molecule has 5 aromatic rings. The Bertz CT molecular complexity index is 2110. The number of hydrogen-bond acceptors (Lipinski definition) is 5. The van der Waals surface area contributed by atoms with Crippen molar-refractivity contribution >= 4 is 11.6 Å². The van der Waals surface area contributed by atoms with E-state index < -0.39 is 17.7 Å². The third-order valence-corrected chi connectivity index (χ3v) is 8.27. The summed E-state index contributed by atoms with van der Waals surface area (Å²) in [7, 11) is 0. The first-order valence-corrected chi connectivity index (χ1v) is 13.8. The van der Waals surface area contributed by atoms with Crippen LogP contribution in [0.5, 0.6) is 23.5 Å². The fraction of sp³-hybridized carbons (Fsp3) is 0.0833. The van der Waals surface area contributed by atoms with Crippen LogP contribution in [0.25, 0.3) is 11.4 Å². The maximum Gasteiger partial charge on any atom is 0.255 e. The van der Waals surface area contributed by atoms with Gasteiger partial charge in [0.05, 0.1) is 11.4 Å². The highest BCUT2D eigenvalue weighted by Crippen LogP contribution is 2.61. The Kier molecular flexibility index (Phi) is 5.84. The monoisotopic (exact) mass is 579 g/mol. The van der Waals surface area contributed by atoms with Crippen LogP contribution in [0.2, 0.25) is 0 Å². The third-order valence-electron chi connectivity index (χ3n) is 8.27. The van der Waals surface area contributed by atoms with E-state index in [2.05, 4.69) is 17.2 Å². The standard InChI is InChI=1S/C36H25N3O5/c1-4-20-8-6-10-23(16-20)37-32(40)22-14-19(3)15-25(18-22)39-35(43)30-26-12-13-27(31(30)36(39)44)29-28(26)33(41)38(34(29)42)24-11-7-9-21(5-2)17-24/h1-2,6-18,26-27,41-44H,3H3,(H,37,40). The van der Waals surface area contributed by atoms with Gasteiger partial charge in [0, 0.05) is 56.5 Å². The molecule has 2 bridgehead atoms. The van der Waals surface area contributed by atoms with Gasteiger partial charge in [0.1, 0.15) is 0 Å². The number of nitrogens with zero attached hydrogens (tertiary/aromatic N) is 2.